The maximum Gasteiger partial charge on any atom is 0.266 e. The average Bonchev–Trinajstić information content (AvgIpc) is 3.20. The van der Waals surface area contributed by atoms with Crippen LogP contribution in [0.15, 0.2) is 36.9 Å². The first kappa shape index (κ1) is 20.8. The number of halogens is 1. The smallest absolute Gasteiger partial charge is 0.266 e. The second-order valence-electron chi connectivity index (χ2n) is 6.57. The first-order valence-electron chi connectivity index (χ1n) is 8.76. The van der Waals surface area contributed by atoms with Crippen LogP contribution in [0, 0.1) is 6.92 Å². The Bertz CT molecular complexity index is 970. The molecule has 1 aliphatic heterocycles. The highest BCUT2D eigenvalue weighted by Gasteiger charge is 2.35. The van der Waals surface area contributed by atoms with E-state index in [1.165, 1.54) is 11.3 Å². The fourth-order valence-electron chi connectivity index (χ4n) is 3.08. The summed E-state index contributed by atoms with van der Waals surface area (Å²) >= 11 is 7.13. The summed E-state index contributed by atoms with van der Waals surface area (Å²) in [7, 11) is -3.09. The third-order valence-corrected chi connectivity index (χ3v) is 7.57. The molecule has 1 aromatic heterocycles. The Morgan fingerprint density at radius 3 is 2.75 bits per heavy atom. The molecular formula is C19H21ClN2O4S2. The lowest BCUT2D eigenvalue weighted by molar-refractivity contribution is 0.0724. The van der Waals surface area contributed by atoms with Gasteiger partial charge in [0.2, 0.25) is 0 Å². The zero-order chi connectivity index (χ0) is 20.3. The van der Waals surface area contributed by atoms with Crippen LogP contribution in [0.4, 0.5) is 0 Å². The van der Waals surface area contributed by atoms with Gasteiger partial charge in [0.25, 0.3) is 5.91 Å². The first-order valence-corrected chi connectivity index (χ1v) is 11.8. The standard InChI is InChI=1S/C19H21ClN2O4S2/c1-3-9-22(15-8-10-28(24,25)12-15)19(23)18-13(2)21-17(27-18)11-26-16-6-4-14(20)5-7-16/h3-7,15H,1,8-12H2,2H3. The molecule has 0 N–H and O–H groups in total. The zero-order valence-electron chi connectivity index (χ0n) is 15.4. The lowest BCUT2D eigenvalue weighted by atomic mass is 10.2. The van der Waals surface area contributed by atoms with Gasteiger partial charge >= 0.3 is 0 Å². The van der Waals surface area contributed by atoms with E-state index >= 15 is 0 Å². The summed E-state index contributed by atoms with van der Waals surface area (Å²) in [4.78, 5) is 19.6. The van der Waals surface area contributed by atoms with Gasteiger partial charge in [0, 0.05) is 17.6 Å². The van der Waals surface area contributed by atoms with Gasteiger partial charge < -0.3 is 9.64 Å². The summed E-state index contributed by atoms with van der Waals surface area (Å²) in [5.41, 5.74) is 0.611. The molecule has 1 unspecified atom stereocenters. The molecule has 0 radical (unpaired) electrons. The largest absolute Gasteiger partial charge is 0.486 e. The molecule has 0 aliphatic carbocycles. The molecule has 3 rings (SSSR count). The Labute approximate surface area is 173 Å². The predicted octanol–water partition coefficient (Wildman–Crippen LogP) is 3.50. The fraction of sp³-hybridized carbons (Fsp3) is 0.368. The van der Waals surface area contributed by atoms with Crippen molar-refractivity contribution in [3.8, 4) is 5.75 Å². The normalized spacial score (nSPS) is 18.0. The molecule has 28 heavy (non-hydrogen) atoms. The Balaban J connectivity index is 1.73. The van der Waals surface area contributed by atoms with Crippen molar-refractivity contribution in [3.63, 3.8) is 0 Å². The van der Waals surface area contributed by atoms with Crippen LogP contribution in [0.1, 0.15) is 26.8 Å². The van der Waals surface area contributed by atoms with E-state index in [2.05, 4.69) is 11.6 Å². The van der Waals surface area contributed by atoms with Crippen molar-refractivity contribution in [2.45, 2.75) is 26.0 Å². The Morgan fingerprint density at radius 2 is 2.14 bits per heavy atom. The summed E-state index contributed by atoms with van der Waals surface area (Å²) in [6.45, 7) is 6.00. The zero-order valence-corrected chi connectivity index (χ0v) is 17.8. The molecule has 1 atom stereocenters. The van der Waals surface area contributed by atoms with Crippen LogP contribution in [0.25, 0.3) is 0 Å². The Hall–Kier alpha value is -1.90. The van der Waals surface area contributed by atoms with Crippen LogP contribution in [-0.2, 0) is 16.4 Å². The number of thiazole rings is 1. The molecule has 1 amide bonds. The number of ether oxygens (including phenoxy) is 1. The molecule has 0 bridgehead atoms. The molecule has 9 heteroatoms. The van der Waals surface area contributed by atoms with E-state index in [0.717, 1.165) is 0 Å². The van der Waals surface area contributed by atoms with Crippen LogP contribution in [-0.4, -0.2) is 48.3 Å². The number of carbonyl (C=O) groups is 1. The first-order chi connectivity index (χ1) is 13.3. The quantitative estimate of drug-likeness (QED) is 0.616. The van der Waals surface area contributed by atoms with Crippen LogP contribution in [0.5, 0.6) is 5.75 Å². The number of sulfone groups is 1. The number of nitrogens with zero attached hydrogens (tertiary/aromatic N) is 2. The van der Waals surface area contributed by atoms with Crippen molar-refractivity contribution in [1.29, 1.82) is 0 Å². The van der Waals surface area contributed by atoms with E-state index < -0.39 is 9.84 Å². The number of hydrogen-bond acceptors (Lipinski definition) is 6. The van der Waals surface area contributed by atoms with E-state index in [9.17, 15) is 13.2 Å². The topological polar surface area (TPSA) is 76.6 Å². The molecule has 1 saturated heterocycles. The highest BCUT2D eigenvalue weighted by Crippen LogP contribution is 2.26. The number of aryl methyl sites for hydroxylation is 1. The number of carbonyl (C=O) groups excluding carboxylic acids is 1. The molecule has 1 aliphatic rings. The lowest BCUT2D eigenvalue weighted by Gasteiger charge is -2.26. The van der Waals surface area contributed by atoms with Gasteiger partial charge in [0.15, 0.2) is 9.84 Å². The van der Waals surface area contributed by atoms with E-state index in [1.54, 1.807) is 42.2 Å². The van der Waals surface area contributed by atoms with E-state index in [0.29, 0.717) is 39.3 Å². The minimum absolute atomic E-state index is 0.00301. The van der Waals surface area contributed by atoms with Gasteiger partial charge in [-0.1, -0.05) is 17.7 Å². The van der Waals surface area contributed by atoms with Crippen LogP contribution in [0.2, 0.25) is 5.02 Å². The summed E-state index contributed by atoms with van der Waals surface area (Å²) in [6.07, 6.45) is 2.07. The number of rotatable bonds is 7. The highest BCUT2D eigenvalue weighted by molar-refractivity contribution is 7.91. The second kappa shape index (κ2) is 8.63. The molecule has 2 heterocycles. The number of hydrogen-bond donors (Lipinski definition) is 0. The summed E-state index contributed by atoms with van der Waals surface area (Å²) in [5.74, 6) is 0.557. The van der Waals surface area contributed by atoms with Gasteiger partial charge in [-0.15, -0.1) is 17.9 Å². The summed E-state index contributed by atoms with van der Waals surface area (Å²) in [5, 5.41) is 1.30. The van der Waals surface area contributed by atoms with Crippen molar-refractivity contribution in [2.24, 2.45) is 0 Å². The number of amides is 1. The molecule has 0 spiro atoms. The highest BCUT2D eigenvalue weighted by atomic mass is 35.5. The van der Waals surface area contributed by atoms with E-state index in [1.807, 2.05) is 0 Å². The third-order valence-electron chi connectivity index (χ3n) is 4.45. The maximum absolute atomic E-state index is 13.1. The van der Waals surface area contributed by atoms with Crippen LogP contribution < -0.4 is 4.74 Å². The molecule has 2 aromatic rings. The van der Waals surface area contributed by atoms with Crippen molar-refractivity contribution in [2.75, 3.05) is 18.1 Å². The molecule has 6 nitrogen and oxygen atoms in total. The van der Waals surface area contributed by atoms with Crippen molar-refractivity contribution in [3.05, 3.63) is 57.5 Å². The van der Waals surface area contributed by atoms with Crippen molar-refractivity contribution < 1.29 is 17.9 Å². The predicted molar refractivity (Wildman–Crippen MR) is 111 cm³/mol. The van der Waals surface area contributed by atoms with Gasteiger partial charge in [0.05, 0.1) is 17.2 Å². The Kier molecular flexibility index (Phi) is 6.42. The number of aromatic nitrogens is 1. The monoisotopic (exact) mass is 440 g/mol. The van der Waals surface area contributed by atoms with Crippen molar-refractivity contribution >= 4 is 38.7 Å². The van der Waals surface area contributed by atoms with Gasteiger partial charge in [-0.2, -0.15) is 0 Å². The number of benzene rings is 1. The molecular weight excluding hydrogens is 420 g/mol. The van der Waals surface area contributed by atoms with Crippen LogP contribution in [0.3, 0.4) is 0 Å². The summed E-state index contributed by atoms with van der Waals surface area (Å²) < 4.78 is 29.3. The van der Waals surface area contributed by atoms with Crippen LogP contribution >= 0.6 is 22.9 Å². The second-order valence-corrected chi connectivity index (χ2v) is 10.3. The SMILES string of the molecule is C=CCN(C(=O)c1sc(COc2ccc(Cl)cc2)nc1C)C1CCS(=O)(=O)C1. The minimum atomic E-state index is -3.09. The molecule has 150 valence electrons. The maximum atomic E-state index is 13.1. The third kappa shape index (κ3) is 4.92. The summed E-state index contributed by atoms with van der Waals surface area (Å²) in [6, 6.07) is 6.68. The van der Waals surface area contributed by atoms with Gasteiger partial charge in [-0.3, -0.25) is 4.79 Å². The van der Waals surface area contributed by atoms with Gasteiger partial charge in [-0.25, -0.2) is 13.4 Å². The van der Waals surface area contributed by atoms with E-state index in [4.69, 9.17) is 16.3 Å². The Morgan fingerprint density at radius 1 is 1.43 bits per heavy atom. The fourth-order valence-corrected chi connectivity index (χ4v) is 5.87. The van der Waals surface area contributed by atoms with Gasteiger partial charge in [0.1, 0.15) is 22.2 Å². The van der Waals surface area contributed by atoms with Crippen molar-refractivity contribution in [1.82, 2.24) is 9.88 Å². The molecule has 0 saturated carbocycles. The van der Waals surface area contributed by atoms with Gasteiger partial charge in [-0.05, 0) is 37.6 Å². The lowest BCUT2D eigenvalue weighted by Crippen LogP contribution is -2.41. The average molecular weight is 441 g/mol. The molecule has 1 aromatic carbocycles. The molecule has 1 fully saturated rings. The van der Waals surface area contributed by atoms with E-state index in [-0.39, 0.29) is 30.1 Å². The minimum Gasteiger partial charge on any atom is -0.486 e.